The van der Waals surface area contributed by atoms with Gasteiger partial charge in [-0.25, -0.2) is 0 Å². The van der Waals surface area contributed by atoms with E-state index in [4.69, 9.17) is 28.6 Å². The number of halogens is 1. The molecule has 1 amide bonds. The topological polar surface area (TPSA) is 67.0 Å². The van der Waals surface area contributed by atoms with E-state index in [2.05, 4.69) is 15.5 Å². The molecule has 100 valence electrons. The quantitative estimate of drug-likeness (QED) is 0.850. The first-order chi connectivity index (χ1) is 9.04. The van der Waals surface area contributed by atoms with Crippen LogP contribution in [0, 0.1) is 10.9 Å². The highest BCUT2D eigenvalue weighted by atomic mass is 35.5. The molecule has 0 saturated heterocycles. The number of aromatic amines is 1. The zero-order valence-electron chi connectivity index (χ0n) is 9.90. The summed E-state index contributed by atoms with van der Waals surface area (Å²) in [5, 5.41) is 10.0. The lowest BCUT2D eigenvalue weighted by Gasteiger charge is -2.08. The fraction of sp³-hybridized carbons (Fsp3) is 0.182. The second-order valence-corrected chi connectivity index (χ2v) is 5.77. The lowest BCUT2D eigenvalue weighted by molar-refractivity contribution is -0.118. The van der Waals surface area contributed by atoms with E-state index in [1.807, 2.05) is 6.92 Å². The van der Waals surface area contributed by atoms with Crippen LogP contribution in [0.4, 0.5) is 5.13 Å². The van der Waals surface area contributed by atoms with Crippen molar-refractivity contribution >= 4 is 46.2 Å². The van der Waals surface area contributed by atoms with Crippen LogP contribution < -0.4 is 10.1 Å². The van der Waals surface area contributed by atoms with E-state index in [1.165, 1.54) is 11.3 Å². The van der Waals surface area contributed by atoms with Crippen LogP contribution in [0.25, 0.3) is 0 Å². The summed E-state index contributed by atoms with van der Waals surface area (Å²) in [7, 11) is 0. The SMILES string of the molecule is Cc1cc(Cl)ccc1OCC(=O)Nc1n[nH]c(=S)s1. The second-order valence-electron chi connectivity index (χ2n) is 3.66. The van der Waals surface area contributed by atoms with Crippen LogP contribution in [0.3, 0.4) is 0 Å². The number of amides is 1. The smallest absolute Gasteiger partial charge is 0.264 e. The molecule has 0 aliphatic rings. The van der Waals surface area contributed by atoms with Crippen LogP contribution >= 0.6 is 35.2 Å². The summed E-state index contributed by atoms with van der Waals surface area (Å²) in [6, 6.07) is 5.21. The summed E-state index contributed by atoms with van der Waals surface area (Å²) < 4.78 is 5.91. The molecule has 0 aliphatic heterocycles. The summed E-state index contributed by atoms with van der Waals surface area (Å²) in [4.78, 5) is 11.6. The molecule has 2 rings (SSSR count). The summed E-state index contributed by atoms with van der Waals surface area (Å²) in [5.41, 5.74) is 0.871. The number of aryl methyl sites for hydroxylation is 1. The normalized spacial score (nSPS) is 10.2. The fourth-order valence-electron chi connectivity index (χ4n) is 1.36. The van der Waals surface area contributed by atoms with Crippen LogP contribution in [0.5, 0.6) is 5.75 Å². The van der Waals surface area contributed by atoms with Crippen molar-refractivity contribution in [1.29, 1.82) is 0 Å². The van der Waals surface area contributed by atoms with Crippen LogP contribution in [0.1, 0.15) is 5.56 Å². The van der Waals surface area contributed by atoms with Gasteiger partial charge < -0.3 is 4.74 Å². The van der Waals surface area contributed by atoms with E-state index in [9.17, 15) is 4.79 Å². The minimum atomic E-state index is -0.299. The molecule has 0 fully saturated rings. The van der Waals surface area contributed by atoms with Gasteiger partial charge in [0.05, 0.1) is 0 Å². The lowest BCUT2D eigenvalue weighted by Crippen LogP contribution is -2.20. The van der Waals surface area contributed by atoms with E-state index in [0.717, 1.165) is 5.56 Å². The maximum Gasteiger partial charge on any atom is 0.264 e. The summed E-state index contributed by atoms with van der Waals surface area (Å²) in [6.45, 7) is 1.76. The summed E-state index contributed by atoms with van der Waals surface area (Å²) in [6.07, 6.45) is 0. The van der Waals surface area contributed by atoms with Crippen LogP contribution in [-0.4, -0.2) is 22.7 Å². The van der Waals surface area contributed by atoms with Gasteiger partial charge in [-0.1, -0.05) is 22.9 Å². The van der Waals surface area contributed by atoms with Crippen LogP contribution in [-0.2, 0) is 4.79 Å². The highest BCUT2D eigenvalue weighted by Gasteiger charge is 2.07. The number of aromatic nitrogens is 2. The van der Waals surface area contributed by atoms with Crippen molar-refractivity contribution in [3.8, 4) is 5.75 Å². The highest BCUT2D eigenvalue weighted by Crippen LogP contribution is 2.21. The third-order valence-electron chi connectivity index (χ3n) is 2.18. The van der Waals surface area contributed by atoms with Gasteiger partial charge >= 0.3 is 0 Å². The van der Waals surface area contributed by atoms with Gasteiger partial charge in [-0.05, 0) is 42.9 Å². The third kappa shape index (κ3) is 4.02. The van der Waals surface area contributed by atoms with Crippen molar-refractivity contribution in [3.05, 3.63) is 32.7 Å². The van der Waals surface area contributed by atoms with Gasteiger partial charge in [0.1, 0.15) is 5.75 Å². The largest absolute Gasteiger partial charge is 0.483 e. The summed E-state index contributed by atoms with van der Waals surface area (Å²) >= 11 is 11.9. The van der Waals surface area contributed by atoms with Gasteiger partial charge in [0.15, 0.2) is 10.6 Å². The number of nitrogens with one attached hydrogen (secondary N) is 2. The van der Waals surface area contributed by atoms with Crippen molar-refractivity contribution < 1.29 is 9.53 Å². The van der Waals surface area contributed by atoms with Crippen molar-refractivity contribution in [2.75, 3.05) is 11.9 Å². The van der Waals surface area contributed by atoms with Crippen molar-refractivity contribution in [2.24, 2.45) is 0 Å². The van der Waals surface area contributed by atoms with Crippen molar-refractivity contribution in [1.82, 2.24) is 10.2 Å². The lowest BCUT2D eigenvalue weighted by atomic mass is 10.2. The molecule has 0 bridgehead atoms. The molecule has 2 aromatic rings. The average Bonchev–Trinajstić information content (AvgIpc) is 2.73. The van der Waals surface area contributed by atoms with E-state index in [1.54, 1.807) is 18.2 Å². The molecule has 8 heteroatoms. The third-order valence-corrected chi connectivity index (χ3v) is 3.42. The molecule has 0 spiro atoms. The van der Waals surface area contributed by atoms with Gasteiger partial charge in [0, 0.05) is 5.02 Å². The Morgan fingerprint density at radius 1 is 1.63 bits per heavy atom. The Morgan fingerprint density at radius 2 is 2.42 bits per heavy atom. The maximum atomic E-state index is 11.6. The standard InChI is InChI=1S/C11H10ClN3O2S2/c1-6-4-7(12)2-3-8(6)17-5-9(16)13-10-14-15-11(18)19-10/h2-4H,5H2,1H3,(H,15,18)(H,13,14,16). The fourth-order valence-corrected chi connectivity index (χ4v) is 2.39. The zero-order chi connectivity index (χ0) is 13.8. The predicted molar refractivity (Wildman–Crippen MR) is 77.6 cm³/mol. The molecule has 0 atom stereocenters. The Morgan fingerprint density at radius 3 is 3.05 bits per heavy atom. The Bertz CT molecular complexity index is 653. The van der Waals surface area contributed by atoms with Gasteiger partial charge in [0.25, 0.3) is 5.91 Å². The van der Waals surface area contributed by atoms with E-state index >= 15 is 0 Å². The predicted octanol–water partition coefficient (Wildman–Crippen LogP) is 3.18. The number of hydrogen-bond donors (Lipinski definition) is 2. The molecular weight excluding hydrogens is 306 g/mol. The van der Waals surface area contributed by atoms with E-state index < -0.39 is 0 Å². The molecule has 1 heterocycles. The number of H-pyrrole nitrogens is 1. The molecule has 1 aromatic carbocycles. The second kappa shape index (κ2) is 6.14. The number of hydrogen-bond acceptors (Lipinski definition) is 5. The van der Waals surface area contributed by atoms with Gasteiger partial charge in [0.2, 0.25) is 5.13 Å². The van der Waals surface area contributed by atoms with Gasteiger partial charge in [-0.15, -0.1) is 5.10 Å². The number of carbonyl (C=O) groups excluding carboxylic acids is 1. The van der Waals surface area contributed by atoms with Crippen molar-refractivity contribution in [3.63, 3.8) is 0 Å². The monoisotopic (exact) mass is 315 g/mol. The molecular formula is C11H10ClN3O2S2. The number of ether oxygens (including phenoxy) is 1. The molecule has 0 radical (unpaired) electrons. The number of carbonyl (C=O) groups is 1. The minimum absolute atomic E-state index is 0.102. The first-order valence-electron chi connectivity index (χ1n) is 5.29. The Kier molecular flexibility index (Phi) is 4.52. The minimum Gasteiger partial charge on any atom is -0.483 e. The Hall–Kier alpha value is -1.44. The van der Waals surface area contributed by atoms with Gasteiger partial charge in [-0.3, -0.25) is 15.2 Å². The number of rotatable bonds is 4. The first-order valence-corrected chi connectivity index (χ1v) is 6.89. The van der Waals surface area contributed by atoms with Crippen LogP contribution in [0.15, 0.2) is 18.2 Å². The molecule has 2 N–H and O–H groups in total. The van der Waals surface area contributed by atoms with E-state index in [0.29, 0.717) is 19.9 Å². The highest BCUT2D eigenvalue weighted by molar-refractivity contribution is 7.73. The number of anilines is 1. The van der Waals surface area contributed by atoms with Crippen LogP contribution in [0.2, 0.25) is 5.02 Å². The van der Waals surface area contributed by atoms with Crippen molar-refractivity contribution in [2.45, 2.75) is 6.92 Å². The Balaban J connectivity index is 1.91. The number of nitrogens with zero attached hydrogens (tertiary/aromatic N) is 1. The average molecular weight is 316 g/mol. The first kappa shape index (κ1) is 14.0. The molecule has 1 aromatic heterocycles. The molecule has 5 nitrogen and oxygen atoms in total. The molecule has 0 unspecified atom stereocenters. The molecule has 0 aliphatic carbocycles. The van der Waals surface area contributed by atoms with Gasteiger partial charge in [-0.2, -0.15) is 0 Å². The molecule has 0 saturated carbocycles. The Labute approximate surface area is 123 Å². The van der Waals surface area contributed by atoms with E-state index in [-0.39, 0.29) is 12.5 Å². The zero-order valence-corrected chi connectivity index (χ0v) is 12.3. The molecule has 19 heavy (non-hydrogen) atoms. The summed E-state index contributed by atoms with van der Waals surface area (Å²) in [5.74, 6) is 0.321. The maximum absolute atomic E-state index is 11.6. The number of benzene rings is 1.